The van der Waals surface area contributed by atoms with Crippen LogP contribution in [-0.4, -0.2) is 46.5 Å². The van der Waals surface area contributed by atoms with E-state index in [-0.39, 0.29) is 12.4 Å². The summed E-state index contributed by atoms with van der Waals surface area (Å²) in [6.07, 6.45) is 2.03. The van der Waals surface area contributed by atoms with Gasteiger partial charge in [-0.25, -0.2) is 19.2 Å². The van der Waals surface area contributed by atoms with Gasteiger partial charge in [-0.05, 0) is 43.7 Å². The summed E-state index contributed by atoms with van der Waals surface area (Å²) >= 11 is 1.37. The van der Waals surface area contributed by atoms with E-state index in [0.29, 0.717) is 23.3 Å². The number of aromatic nitrogens is 4. The molecular formula is C22H23FN6O3S. The Balaban J connectivity index is 1.36. The first kappa shape index (κ1) is 22.6. The van der Waals surface area contributed by atoms with E-state index in [1.807, 2.05) is 30.3 Å². The third kappa shape index (κ3) is 5.08. The van der Waals surface area contributed by atoms with Crippen molar-refractivity contribution in [1.82, 2.24) is 25.4 Å². The van der Waals surface area contributed by atoms with Crippen LogP contribution in [0.4, 0.5) is 14.3 Å². The summed E-state index contributed by atoms with van der Waals surface area (Å²) in [5, 5.41) is 9.79. The summed E-state index contributed by atoms with van der Waals surface area (Å²) in [5.74, 6) is 1.19. The van der Waals surface area contributed by atoms with E-state index < -0.39 is 18.1 Å². The largest absolute Gasteiger partial charge is 0.481 e. The van der Waals surface area contributed by atoms with Gasteiger partial charge in [-0.3, -0.25) is 5.32 Å². The Labute approximate surface area is 193 Å². The first-order chi connectivity index (χ1) is 15.9. The van der Waals surface area contributed by atoms with Crippen LogP contribution >= 0.6 is 11.3 Å². The normalized spacial score (nSPS) is 11.5. The third-order valence-corrected chi connectivity index (χ3v) is 5.83. The molecule has 9 nitrogen and oxygen atoms in total. The Bertz CT molecular complexity index is 1270. The van der Waals surface area contributed by atoms with Gasteiger partial charge in [0.05, 0.1) is 22.7 Å². The average molecular weight is 471 g/mol. The van der Waals surface area contributed by atoms with Gasteiger partial charge in [0.1, 0.15) is 6.67 Å². The molecular weight excluding hydrogens is 447 g/mol. The van der Waals surface area contributed by atoms with Crippen LogP contribution in [0.2, 0.25) is 0 Å². The van der Waals surface area contributed by atoms with Crippen molar-refractivity contribution in [2.24, 2.45) is 0 Å². The lowest BCUT2D eigenvalue weighted by molar-refractivity contribution is 0.252. The molecule has 33 heavy (non-hydrogen) atoms. The molecule has 0 fully saturated rings. The fourth-order valence-corrected chi connectivity index (χ4v) is 3.94. The van der Waals surface area contributed by atoms with Gasteiger partial charge in [0.15, 0.2) is 11.0 Å². The molecule has 0 aliphatic rings. The monoisotopic (exact) mass is 470 g/mol. The molecule has 3 aromatic heterocycles. The van der Waals surface area contributed by atoms with Crippen molar-refractivity contribution in [3.05, 3.63) is 48.2 Å². The van der Waals surface area contributed by atoms with E-state index in [1.165, 1.54) is 11.3 Å². The fourth-order valence-electron chi connectivity index (χ4n) is 3.04. The van der Waals surface area contributed by atoms with E-state index in [1.54, 1.807) is 27.2 Å². The summed E-state index contributed by atoms with van der Waals surface area (Å²) in [5.41, 5.74) is 1.77. The summed E-state index contributed by atoms with van der Waals surface area (Å²) in [6.45, 7) is 3.06. The van der Waals surface area contributed by atoms with Crippen LogP contribution in [0.25, 0.3) is 21.3 Å². The molecule has 0 atom stereocenters. The van der Waals surface area contributed by atoms with Gasteiger partial charge < -0.3 is 14.6 Å². The molecule has 0 saturated carbocycles. The molecule has 172 valence electrons. The lowest BCUT2D eigenvalue weighted by Crippen LogP contribution is -2.30. The maximum absolute atomic E-state index is 13.0. The number of hydrogen-bond acceptors (Lipinski definition) is 8. The Hall–Kier alpha value is -3.60. The van der Waals surface area contributed by atoms with Crippen molar-refractivity contribution in [1.29, 1.82) is 0 Å². The number of rotatable bonds is 8. The van der Waals surface area contributed by atoms with Gasteiger partial charge in [0, 0.05) is 24.7 Å². The minimum absolute atomic E-state index is 0.238. The Kier molecular flexibility index (Phi) is 6.50. The number of pyridine rings is 1. The van der Waals surface area contributed by atoms with Crippen molar-refractivity contribution in [3.63, 3.8) is 0 Å². The molecule has 0 aliphatic carbocycles. The molecule has 0 radical (unpaired) electrons. The highest BCUT2D eigenvalue weighted by atomic mass is 32.1. The molecule has 4 rings (SSSR count). The minimum atomic E-state index is -0.828. The first-order valence-corrected chi connectivity index (χ1v) is 11.0. The molecule has 11 heteroatoms. The summed E-state index contributed by atoms with van der Waals surface area (Å²) < 4.78 is 24.4. The molecule has 0 spiro atoms. The van der Waals surface area contributed by atoms with E-state index in [2.05, 4.69) is 30.7 Å². The summed E-state index contributed by atoms with van der Waals surface area (Å²) in [4.78, 5) is 25.2. The predicted octanol–water partition coefficient (Wildman–Crippen LogP) is 4.36. The number of hydrogen-bond donors (Lipinski definition) is 2. The van der Waals surface area contributed by atoms with E-state index in [9.17, 15) is 9.18 Å². The molecule has 2 N–H and O–H groups in total. The van der Waals surface area contributed by atoms with Crippen LogP contribution < -0.4 is 15.4 Å². The number of amides is 2. The third-order valence-electron chi connectivity index (χ3n) is 4.90. The number of ether oxygens (including phenoxy) is 1. The second-order valence-electron chi connectivity index (χ2n) is 7.93. The lowest BCUT2D eigenvalue weighted by Gasteiger charge is -2.13. The molecule has 3 heterocycles. The Morgan fingerprint density at radius 2 is 2.12 bits per heavy atom. The Morgan fingerprint density at radius 1 is 1.27 bits per heavy atom. The van der Waals surface area contributed by atoms with Gasteiger partial charge in [-0.1, -0.05) is 22.6 Å². The number of anilines is 1. The van der Waals surface area contributed by atoms with Gasteiger partial charge in [0.2, 0.25) is 11.8 Å². The quantitative estimate of drug-likeness (QED) is 0.393. The second kappa shape index (κ2) is 9.49. The van der Waals surface area contributed by atoms with Crippen LogP contribution in [0.15, 0.2) is 41.1 Å². The number of carbonyl (C=O) groups excluding carboxylic acids is 1. The molecule has 0 unspecified atom stereocenters. The van der Waals surface area contributed by atoms with Crippen LogP contribution in [0.5, 0.6) is 5.88 Å². The van der Waals surface area contributed by atoms with Crippen molar-refractivity contribution in [2.45, 2.75) is 25.7 Å². The van der Waals surface area contributed by atoms with Crippen LogP contribution in [0.3, 0.4) is 0 Å². The Morgan fingerprint density at radius 3 is 2.91 bits per heavy atom. The smallest absolute Gasteiger partial charge is 0.321 e. The number of nitrogens with zero attached hydrogens (tertiary/aromatic N) is 4. The summed E-state index contributed by atoms with van der Waals surface area (Å²) in [7, 11) is 1.58. The second-order valence-corrected chi connectivity index (χ2v) is 8.96. The van der Waals surface area contributed by atoms with Crippen molar-refractivity contribution in [2.75, 3.05) is 25.6 Å². The van der Waals surface area contributed by atoms with Crippen molar-refractivity contribution < 1.29 is 18.4 Å². The highest BCUT2D eigenvalue weighted by Gasteiger charge is 2.27. The van der Waals surface area contributed by atoms with Crippen molar-refractivity contribution in [3.8, 4) is 17.0 Å². The SMILES string of the molecule is COc1ncccc1-c1ccc2nc(NC(=O)NCCc3noc(C(C)(C)CF)n3)sc2c1. The summed E-state index contributed by atoms with van der Waals surface area (Å²) in [6, 6.07) is 9.21. The molecule has 0 aliphatic heterocycles. The van der Waals surface area contributed by atoms with E-state index in [0.717, 1.165) is 21.3 Å². The van der Waals surface area contributed by atoms with Crippen LogP contribution in [0.1, 0.15) is 25.6 Å². The van der Waals surface area contributed by atoms with Gasteiger partial charge in [0.25, 0.3) is 0 Å². The zero-order valence-corrected chi connectivity index (χ0v) is 19.2. The number of thiazole rings is 1. The molecule has 0 saturated heterocycles. The highest BCUT2D eigenvalue weighted by Crippen LogP contribution is 2.33. The number of halogens is 1. The number of carbonyl (C=O) groups is 1. The number of benzene rings is 1. The lowest BCUT2D eigenvalue weighted by atomic mass is 9.96. The maximum Gasteiger partial charge on any atom is 0.321 e. The zero-order valence-electron chi connectivity index (χ0n) is 18.4. The topological polar surface area (TPSA) is 115 Å². The average Bonchev–Trinajstić information content (AvgIpc) is 3.45. The first-order valence-electron chi connectivity index (χ1n) is 10.2. The number of fused-ring (bicyclic) bond motifs is 1. The predicted molar refractivity (Wildman–Crippen MR) is 123 cm³/mol. The van der Waals surface area contributed by atoms with Crippen LogP contribution in [0, 0.1) is 0 Å². The number of methoxy groups -OCH3 is 1. The van der Waals surface area contributed by atoms with Gasteiger partial charge in [-0.2, -0.15) is 4.98 Å². The maximum atomic E-state index is 13.0. The van der Waals surface area contributed by atoms with E-state index in [4.69, 9.17) is 9.26 Å². The molecule has 4 aromatic rings. The number of urea groups is 1. The van der Waals surface area contributed by atoms with Gasteiger partial charge in [-0.15, -0.1) is 0 Å². The standard InChI is InChI=1S/C22H23FN6O3S/c1-22(2,12-23)19-27-17(29-32-19)8-10-25-20(30)28-21-26-15-7-6-13(11-16(15)33-21)14-5-4-9-24-18(14)31-3/h4-7,9,11H,8,10,12H2,1-3H3,(H2,25,26,28,30). The van der Waals surface area contributed by atoms with Crippen molar-refractivity contribution >= 4 is 32.7 Å². The highest BCUT2D eigenvalue weighted by molar-refractivity contribution is 7.22. The molecule has 0 bridgehead atoms. The number of alkyl halides is 1. The van der Waals surface area contributed by atoms with Gasteiger partial charge >= 0.3 is 6.03 Å². The number of nitrogens with one attached hydrogen (secondary N) is 2. The fraction of sp³-hybridized carbons (Fsp3) is 0.318. The molecule has 1 aromatic carbocycles. The zero-order chi connectivity index (χ0) is 23.4. The van der Waals surface area contributed by atoms with E-state index >= 15 is 0 Å². The minimum Gasteiger partial charge on any atom is -0.481 e. The molecule has 2 amide bonds. The van der Waals surface area contributed by atoms with Crippen LogP contribution in [-0.2, 0) is 11.8 Å².